The van der Waals surface area contributed by atoms with Crippen LogP contribution in [-0.2, 0) is 28.8 Å². The van der Waals surface area contributed by atoms with Crippen molar-refractivity contribution in [3.63, 3.8) is 0 Å². The normalized spacial score (nSPS) is 39.2. The minimum Gasteiger partial charge on any atom is -0.462 e. The highest BCUT2D eigenvalue weighted by atomic mass is 19.1. The van der Waals surface area contributed by atoms with Crippen molar-refractivity contribution in [1.29, 1.82) is 0 Å². The van der Waals surface area contributed by atoms with Crippen LogP contribution in [0.5, 0.6) is 0 Å². The molecule has 0 aromatic carbocycles. The van der Waals surface area contributed by atoms with Gasteiger partial charge in [-0.05, 0) is 75.0 Å². The maximum atomic E-state index is 15.6. The Morgan fingerprint density at radius 1 is 1.03 bits per heavy atom. The van der Waals surface area contributed by atoms with Gasteiger partial charge in [0.05, 0.1) is 25.9 Å². The number of carbonyl (C=O) groups is 1. The van der Waals surface area contributed by atoms with Crippen molar-refractivity contribution in [3.8, 4) is 0 Å². The van der Waals surface area contributed by atoms with Crippen LogP contribution in [0, 0.1) is 23.7 Å². The first kappa shape index (κ1) is 26.8. The summed E-state index contributed by atoms with van der Waals surface area (Å²) in [5.74, 6) is 1.60. The van der Waals surface area contributed by atoms with Gasteiger partial charge in [0, 0.05) is 25.3 Å². The first-order valence-corrected chi connectivity index (χ1v) is 13.6. The number of halogens is 1. The molecule has 1 saturated heterocycles. The number of esters is 1. The van der Waals surface area contributed by atoms with Crippen molar-refractivity contribution in [2.75, 3.05) is 26.4 Å². The van der Waals surface area contributed by atoms with Crippen molar-refractivity contribution >= 4 is 5.97 Å². The van der Waals surface area contributed by atoms with Crippen LogP contribution in [-0.4, -0.2) is 56.4 Å². The first-order chi connectivity index (χ1) is 17.0. The Balaban J connectivity index is 1.19. The van der Waals surface area contributed by atoms with Gasteiger partial charge >= 0.3 is 5.97 Å². The van der Waals surface area contributed by atoms with Gasteiger partial charge in [0.2, 0.25) is 0 Å². The molecule has 4 fully saturated rings. The topological polar surface area (TPSA) is 63.2 Å². The second-order valence-corrected chi connectivity index (χ2v) is 10.9. The summed E-state index contributed by atoms with van der Waals surface area (Å²) in [5, 5.41) is 0. The number of fused-ring (bicyclic) bond motifs is 1. The highest BCUT2D eigenvalue weighted by Crippen LogP contribution is 2.51. The summed E-state index contributed by atoms with van der Waals surface area (Å²) < 4.78 is 32.8. The Morgan fingerprint density at radius 3 is 2.63 bits per heavy atom. The summed E-state index contributed by atoms with van der Waals surface area (Å²) in [7, 11) is 0. The Kier molecular flexibility index (Phi) is 9.79. The van der Waals surface area contributed by atoms with E-state index in [9.17, 15) is 4.79 Å². The molecule has 4 aliphatic rings. The predicted molar refractivity (Wildman–Crippen MR) is 130 cm³/mol. The van der Waals surface area contributed by atoms with Gasteiger partial charge in [0.1, 0.15) is 24.5 Å². The van der Waals surface area contributed by atoms with Crippen LogP contribution in [0.4, 0.5) is 4.39 Å². The molecule has 0 aromatic rings. The van der Waals surface area contributed by atoms with Gasteiger partial charge in [-0.25, -0.2) is 19.0 Å². The van der Waals surface area contributed by atoms with E-state index in [-0.39, 0.29) is 18.0 Å². The summed E-state index contributed by atoms with van der Waals surface area (Å²) in [5.41, 5.74) is -0.534. The zero-order valence-electron chi connectivity index (χ0n) is 21.0. The molecule has 0 N–H and O–H groups in total. The first-order valence-electron chi connectivity index (χ1n) is 13.6. The average molecular weight is 495 g/mol. The number of hydrogen-bond acceptors (Lipinski definition) is 6. The minimum atomic E-state index is -0.844. The molecule has 198 valence electrons. The molecule has 0 radical (unpaired) electrons. The lowest BCUT2D eigenvalue weighted by Crippen LogP contribution is -2.50. The van der Waals surface area contributed by atoms with E-state index in [1.54, 1.807) is 6.08 Å². The van der Waals surface area contributed by atoms with Crippen LogP contribution < -0.4 is 0 Å². The Labute approximate surface area is 209 Å². The fourth-order valence-corrected chi connectivity index (χ4v) is 7.12. The number of alkyl halides is 1. The number of ether oxygens (including phenoxy) is 3. The van der Waals surface area contributed by atoms with Gasteiger partial charge in [-0.15, -0.1) is 6.58 Å². The van der Waals surface area contributed by atoms with E-state index in [1.165, 1.54) is 18.9 Å². The quantitative estimate of drug-likeness (QED) is 0.0943. The van der Waals surface area contributed by atoms with Crippen LogP contribution in [0.25, 0.3) is 0 Å². The van der Waals surface area contributed by atoms with E-state index in [0.29, 0.717) is 63.1 Å². The molecular weight excluding hydrogens is 451 g/mol. The van der Waals surface area contributed by atoms with E-state index in [0.717, 1.165) is 44.9 Å². The monoisotopic (exact) mass is 494 g/mol. The minimum absolute atomic E-state index is 0.132. The SMILES string of the molecule is C=CCOOC1CCOC12CCC(C1CCC3CC(OCCCOC(=O)C=C)CCC3C1)C(F)C2. The van der Waals surface area contributed by atoms with Gasteiger partial charge in [-0.3, -0.25) is 0 Å². The third-order valence-corrected chi connectivity index (χ3v) is 8.90. The van der Waals surface area contributed by atoms with Crippen LogP contribution in [0.3, 0.4) is 0 Å². The van der Waals surface area contributed by atoms with E-state index in [4.69, 9.17) is 24.0 Å². The number of hydrogen-bond donors (Lipinski definition) is 0. The number of rotatable bonds is 11. The molecule has 8 unspecified atom stereocenters. The van der Waals surface area contributed by atoms with Gasteiger partial charge in [-0.2, -0.15) is 0 Å². The lowest BCUT2D eigenvalue weighted by Gasteiger charge is -2.48. The van der Waals surface area contributed by atoms with Crippen LogP contribution in [0.15, 0.2) is 25.3 Å². The third-order valence-electron chi connectivity index (χ3n) is 8.90. The second kappa shape index (κ2) is 12.8. The van der Waals surface area contributed by atoms with Crippen LogP contribution in [0.1, 0.15) is 70.6 Å². The summed E-state index contributed by atoms with van der Waals surface area (Å²) in [4.78, 5) is 21.9. The van der Waals surface area contributed by atoms with Gasteiger partial charge in [0.25, 0.3) is 0 Å². The largest absolute Gasteiger partial charge is 0.462 e. The smallest absolute Gasteiger partial charge is 0.330 e. The molecule has 1 heterocycles. The summed E-state index contributed by atoms with van der Waals surface area (Å²) >= 11 is 0. The molecule has 0 bridgehead atoms. The zero-order valence-corrected chi connectivity index (χ0v) is 21.0. The maximum Gasteiger partial charge on any atom is 0.330 e. The third kappa shape index (κ3) is 6.73. The maximum absolute atomic E-state index is 15.6. The van der Waals surface area contributed by atoms with Crippen LogP contribution in [0.2, 0.25) is 0 Å². The molecule has 0 aromatic heterocycles. The average Bonchev–Trinajstić information content (AvgIpc) is 3.24. The lowest BCUT2D eigenvalue weighted by atomic mass is 9.61. The van der Waals surface area contributed by atoms with E-state index in [1.807, 2.05) is 0 Å². The second-order valence-electron chi connectivity index (χ2n) is 10.9. The highest BCUT2D eigenvalue weighted by molar-refractivity contribution is 5.81. The molecule has 0 amide bonds. The van der Waals surface area contributed by atoms with Crippen molar-refractivity contribution in [1.82, 2.24) is 0 Å². The Morgan fingerprint density at radius 2 is 1.83 bits per heavy atom. The summed E-state index contributed by atoms with van der Waals surface area (Å²) in [6.45, 7) is 8.97. The molecule has 3 saturated carbocycles. The van der Waals surface area contributed by atoms with Crippen molar-refractivity contribution in [3.05, 3.63) is 25.3 Å². The molecule has 7 heteroatoms. The van der Waals surface area contributed by atoms with Crippen molar-refractivity contribution in [2.45, 2.75) is 94.6 Å². The highest BCUT2D eigenvalue weighted by Gasteiger charge is 2.53. The number of carbonyl (C=O) groups excluding carboxylic acids is 1. The van der Waals surface area contributed by atoms with Gasteiger partial charge in [-0.1, -0.05) is 12.7 Å². The van der Waals surface area contributed by atoms with Crippen molar-refractivity contribution in [2.24, 2.45) is 23.7 Å². The molecule has 8 atom stereocenters. The molecular formula is C28H43FO6. The zero-order chi connectivity index (χ0) is 24.7. The van der Waals surface area contributed by atoms with Crippen molar-refractivity contribution < 1.29 is 33.2 Å². The Bertz CT molecular complexity index is 716. The fraction of sp³-hybridized carbons (Fsp3) is 0.821. The molecule has 1 aliphatic heterocycles. The fourth-order valence-electron chi connectivity index (χ4n) is 7.12. The summed E-state index contributed by atoms with van der Waals surface area (Å²) in [6, 6.07) is 0. The molecule has 1 spiro atoms. The molecule has 4 rings (SSSR count). The molecule has 6 nitrogen and oxygen atoms in total. The Hall–Kier alpha value is -1.28. The predicted octanol–water partition coefficient (Wildman–Crippen LogP) is 5.51. The summed E-state index contributed by atoms with van der Waals surface area (Å²) in [6.07, 6.45) is 12.5. The van der Waals surface area contributed by atoms with Crippen LogP contribution >= 0.6 is 0 Å². The van der Waals surface area contributed by atoms with E-state index < -0.39 is 11.8 Å². The lowest BCUT2D eigenvalue weighted by molar-refractivity contribution is -0.339. The standard InChI is InChI=1S/C28H43FO6/c1-3-13-34-35-26-11-16-33-28(26)12-10-24(25(29)19-28)22-7-6-21-18-23(9-8-20(21)17-22)31-14-5-15-32-27(30)4-2/h3-4,20-26H,1-2,5-19H2. The van der Waals surface area contributed by atoms with Gasteiger partial charge < -0.3 is 14.2 Å². The van der Waals surface area contributed by atoms with E-state index in [2.05, 4.69) is 13.2 Å². The van der Waals surface area contributed by atoms with E-state index >= 15 is 4.39 Å². The van der Waals surface area contributed by atoms with Gasteiger partial charge in [0.15, 0.2) is 0 Å². The molecule has 35 heavy (non-hydrogen) atoms. The molecule has 3 aliphatic carbocycles.